The topological polar surface area (TPSA) is 80.8 Å². The van der Waals surface area contributed by atoms with Crippen LogP contribution in [0.4, 0.5) is 0 Å². The van der Waals surface area contributed by atoms with Crippen molar-refractivity contribution in [1.29, 1.82) is 0 Å². The van der Waals surface area contributed by atoms with Crippen LogP contribution in [0.15, 0.2) is 83.4 Å². The van der Waals surface area contributed by atoms with E-state index in [1.54, 1.807) is 0 Å². The smallest absolute Gasteiger partial charge is 0.356 e. The van der Waals surface area contributed by atoms with Gasteiger partial charge in [0.2, 0.25) is 15.7 Å². The molecule has 1 amide bonds. The summed E-state index contributed by atoms with van der Waals surface area (Å²) in [5, 5.41) is -2.61. The minimum atomic E-state index is -3.92. The summed E-state index contributed by atoms with van der Waals surface area (Å²) < 4.78 is 31.0. The van der Waals surface area contributed by atoms with Gasteiger partial charge >= 0.3 is 5.97 Å². The summed E-state index contributed by atoms with van der Waals surface area (Å²) in [6.45, 7) is 5.04. The molecular formula is C22H18ClNO5S. The maximum atomic E-state index is 13.2. The van der Waals surface area contributed by atoms with Crippen LogP contribution in [-0.2, 0) is 24.2 Å². The lowest BCUT2D eigenvalue weighted by atomic mass is 10.0. The molecule has 0 spiro atoms. The summed E-state index contributed by atoms with van der Waals surface area (Å²) >= 11 is 5.95. The number of hydrogen-bond acceptors (Lipinski definition) is 5. The summed E-state index contributed by atoms with van der Waals surface area (Å²) in [7, 11) is -3.92. The largest absolute Gasteiger partial charge is 0.448 e. The molecule has 4 rings (SSSR count). The predicted molar refractivity (Wildman–Crippen MR) is 112 cm³/mol. The molecule has 0 aliphatic carbocycles. The van der Waals surface area contributed by atoms with Gasteiger partial charge in [0.1, 0.15) is 11.1 Å². The Labute approximate surface area is 179 Å². The molecule has 0 radical (unpaired) electrons. The fourth-order valence-corrected chi connectivity index (χ4v) is 5.99. The minimum absolute atomic E-state index is 0.0769. The van der Waals surface area contributed by atoms with E-state index in [9.17, 15) is 18.0 Å². The van der Waals surface area contributed by atoms with Crippen LogP contribution in [0.1, 0.15) is 24.2 Å². The molecule has 2 aliphatic heterocycles. The first-order valence-electron chi connectivity index (χ1n) is 9.17. The second-order valence-electron chi connectivity index (χ2n) is 7.05. The van der Waals surface area contributed by atoms with Gasteiger partial charge in [0.05, 0.1) is 4.91 Å². The average molecular weight is 444 g/mol. The number of benzene rings is 2. The Morgan fingerprint density at radius 1 is 1.07 bits per heavy atom. The first kappa shape index (κ1) is 20.4. The summed E-state index contributed by atoms with van der Waals surface area (Å²) in [5.41, 5.74) is 1.41. The molecule has 2 aliphatic rings. The molecular weight excluding hydrogens is 426 g/mol. The lowest BCUT2D eigenvalue weighted by Gasteiger charge is -2.47. The van der Waals surface area contributed by atoms with E-state index >= 15 is 0 Å². The Bertz CT molecular complexity index is 1140. The molecule has 0 saturated carbocycles. The zero-order chi connectivity index (χ0) is 21.6. The highest BCUT2D eigenvalue weighted by molar-refractivity contribution is 7.96. The van der Waals surface area contributed by atoms with Gasteiger partial charge in [-0.05, 0) is 23.6 Å². The van der Waals surface area contributed by atoms with E-state index in [0.717, 1.165) is 16.0 Å². The van der Waals surface area contributed by atoms with Gasteiger partial charge in [-0.3, -0.25) is 9.69 Å². The number of carbonyl (C=O) groups excluding carboxylic acids is 2. The maximum absolute atomic E-state index is 13.2. The molecule has 2 heterocycles. The first-order chi connectivity index (χ1) is 14.2. The van der Waals surface area contributed by atoms with Gasteiger partial charge in [-0.15, -0.1) is 11.6 Å². The highest BCUT2D eigenvalue weighted by Crippen LogP contribution is 2.44. The van der Waals surface area contributed by atoms with E-state index in [1.807, 2.05) is 60.7 Å². The van der Waals surface area contributed by atoms with E-state index in [1.165, 1.54) is 6.92 Å². The van der Waals surface area contributed by atoms with Crippen molar-refractivity contribution >= 4 is 33.3 Å². The first-order valence-corrected chi connectivity index (χ1v) is 11.2. The Balaban J connectivity index is 1.75. The number of alkyl halides is 1. The predicted octanol–water partition coefficient (Wildman–Crippen LogP) is 3.31. The summed E-state index contributed by atoms with van der Waals surface area (Å²) in [6, 6.07) is 18.3. The van der Waals surface area contributed by atoms with Crippen molar-refractivity contribution in [2.24, 2.45) is 0 Å². The number of carbonyl (C=O) groups is 2. The van der Waals surface area contributed by atoms with Gasteiger partial charge in [-0.2, -0.15) is 0 Å². The number of allylic oxidation sites excluding steroid dienone is 1. The molecule has 30 heavy (non-hydrogen) atoms. The third-order valence-corrected chi connectivity index (χ3v) is 7.96. The van der Waals surface area contributed by atoms with Crippen LogP contribution in [0.25, 0.3) is 0 Å². The minimum Gasteiger partial charge on any atom is -0.448 e. The number of rotatable bonds is 4. The Morgan fingerprint density at radius 2 is 1.57 bits per heavy atom. The van der Waals surface area contributed by atoms with Gasteiger partial charge in [-0.1, -0.05) is 67.2 Å². The van der Waals surface area contributed by atoms with Crippen LogP contribution in [0.2, 0.25) is 0 Å². The van der Waals surface area contributed by atoms with Gasteiger partial charge in [0.15, 0.2) is 11.5 Å². The molecule has 2 aromatic carbocycles. The van der Waals surface area contributed by atoms with Crippen LogP contribution in [0.3, 0.4) is 0 Å². The summed E-state index contributed by atoms with van der Waals surface area (Å²) in [6.07, 6.45) is -0.742. The second kappa shape index (κ2) is 7.41. The number of nitrogens with zero attached hydrogens (tertiary/aromatic N) is 1. The van der Waals surface area contributed by atoms with Crippen molar-refractivity contribution < 1.29 is 22.7 Å². The van der Waals surface area contributed by atoms with Crippen LogP contribution >= 0.6 is 11.6 Å². The van der Waals surface area contributed by atoms with E-state index in [-0.39, 0.29) is 16.2 Å². The molecule has 0 unspecified atom stereocenters. The van der Waals surface area contributed by atoms with Crippen molar-refractivity contribution in [2.45, 2.75) is 23.8 Å². The van der Waals surface area contributed by atoms with Crippen molar-refractivity contribution in [2.75, 3.05) is 0 Å². The van der Waals surface area contributed by atoms with Gasteiger partial charge in [0.25, 0.3) is 0 Å². The molecule has 154 valence electrons. The van der Waals surface area contributed by atoms with Crippen LogP contribution < -0.4 is 0 Å². The molecule has 8 heteroatoms. The number of fused-ring (bicyclic) bond motifs is 1. The normalized spacial score (nSPS) is 22.6. The second-order valence-corrected chi connectivity index (χ2v) is 9.59. The van der Waals surface area contributed by atoms with Gasteiger partial charge in [0, 0.05) is 0 Å². The van der Waals surface area contributed by atoms with E-state index < -0.39 is 38.6 Å². The van der Waals surface area contributed by atoms with Gasteiger partial charge < -0.3 is 4.74 Å². The lowest BCUT2D eigenvalue weighted by molar-refractivity contribution is -0.151. The zero-order valence-electron chi connectivity index (χ0n) is 16.0. The molecule has 2 aromatic rings. The number of hydrogen-bond donors (Lipinski definition) is 0. The molecule has 0 N–H and O–H groups in total. The van der Waals surface area contributed by atoms with Gasteiger partial charge in [-0.25, -0.2) is 13.2 Å². The average Bonchev–Trinajstić information content (AvgIpc) is 2.76. The molecule has 2 atom stereocenters. The fraction of sp³-hybridized carbons (Fsp3) is 0.182. The Kier molecular flexibility index (Phi) is 5.03. The van der Waals surface area contributed by atoms with Crippen molar-refractivity contribution in [3.8, 4) is 0 Å². The number of halogens is 1. The van der Waals surface area contributed by atoms with Crippen LogP contribution in [0, 0.1) is 0 Å². The SMILES string of the molecule is C=C1C(C)=C(C(=O)OC(c2ccccc2)c2ccccc2)N2C(=O)[C@H](Cl)[C@H]2S1(=O)=O. The van der Waals surface area contributed by atoms with E-state index in [2.05, 4.69) is 6.58 Å². The fourth-order valence-electron chi connectivity index (χ4n) is 3.63. The standard InChI is InChI=1S/C22H18ClNO5S/c1-13-14(2)30(27,28)21-17(23)20(25)24(21)18(13)22(26)29-19(15-9-5-3-6-10-15)16-11-7-4-8-12-16/h3-12,17,19,21H,2H2,1H3/t17-,21+/m0/s1. The van der Waals surface area contributed by atoms with Crippen LogP contribution in [-0.4, -0.2) is 35.9 Å². The number of sulfone groups is 1. The quantitative estimate of drug-likeness (QED) is 0.411. The Morgan fingerprint density at radius 3 is 2.07 bits per heavy atom. The number of ether oxygens (including phenoxy) is 1. The van der Waals surface area contributed by atoms with Crippen molar-refractivity contribution in [3.63, 3.8) is 0 Å². The van der Waals surface area contributed by atoms with E-state index in [0.29, 0.717) is 0 Å². The van der Waals surface area contributed by atoms with Crippen molar-refractivity contribution in [1.82, 2.24) is 4.90 Å². The zero-order valence-corrected chi connectivity index (χ0v) is 17.6. The third kappa shape index (κ3) is 3.05. The third-order valence-electron chi connectivity index (χ3n) is 5.28. The maximum Gasteiger partial charge on any atom is 0.356 e. The molecule has 0 bridgehead atoms. The molecule has 6 nitrogen and oxygen atoms in total. The summed E-state index contributed by atoms with van der Waals surface area (Å²) in [4.78, 5) is 26.2. The molecule has 0 aromatic heterocycles. The molecule has 1 saturated heterocycles. The number of esters is 1. The molecule has 1 fully saturated rings. The number of amides is 1. The highest BCUT2D eigenvalue weighted by Gasteiger charge is 2.60. The van der Waals surface area contributed by atoms with Crippen LogP contribution in [0.5, 0.6) is 0 Å². The Hall–Kier alpha value is -2.90. The lowest BCUT2D eigenvalue weighted by Crippen LogP contribution is -2.67. The monoisotopic (exact) mass is 443 g/mol. The number of β-lactam (4-membered cyclic amide) rings is 1. The highest BCUT2D eigenvalue weighted by atomic mass is 35.5. The van der Waals surface area contributed by atoms with E-state index in [4.69, 9.17) is 16.3 Å². The summed E-state index contributed by atoms with van der Waals surface area (Å²) in [5.74, 6) is -1.47. The van der Waals surface area contributed by atoms with Crippen molar-refractivity contribution in [3.05, 3.63) is 94.5 Å².